The molecule has 0 rings (SSSR count). The molecule has 0 aromatic carbocycles. The number of amides is 2. The molecule has 0 aliphatic carbocycles. The fraction of sp³-hybridized carbons (Fsp3) is 0.818. The number of hydroxylamine groups is 1. The van der Waals surface area contributed by atoms with Gasteiger partial charge < -0.3 is 15.5 Å². The fourth-order valence-corrected chi connectivity index (χ4v) is 0.450. The Kier molecular flexibility index (Phi) is 24.9. The second-order valence-corrected chi connectivity index (χ2v) is 2.86. The number of nitrogens with one attached hydrogen (secondary N) is 3. The van der Waals surface area contributed by atoms with Crippen molar-refractivity contribution in [1.29, 1.82) is 0 Å². The lowest BCUT2D eigenvalue weighted by Gasteiger charge is -1.99. The highest BCUT2D eigenvalue weighted by Crippen LogP contribution is 1.68. The molecule has 17 heavy (non-hydrogen) atoms. The summed E-state index contributed by atoms with van der Waals surface area (Å²) in [7, 11) is 3.15. The number of rotatable bonds is 3. The van der Waals surface area contributed by atoms with Crippen molar-refractivity contribution in [2.45, 2.75) is 40.5 Å². The molecule has 3 N–H and O–H groups in total. The lowest BCUT2D eigenvalue weighted by Crippen LogP contribution is -2.27. The Balaban J connectivity index is -0.000000193. The van der Waals surface area contributed by atoms with Crippen molar-refractivity contribution in [1.82, 2.24) is 16.1 Å². The maximum atomic E-state index is 10.2. The summed E-state index contributed by atoms with van der Waals surface area (Å²) < 4.78 is 0. The molecule has 0 aliphatic heterocycles. The van der Waals surface area contributed by atoms with Crippen molar-refractivity contribution >= 4 is 12.0 Å². The van der Waals surface area contributed by atoms with E-state index in [9.17, 15) is 9.59 Å². The number of hydrogen-bond acceptors (Lipinski definition) is 4. The van der Waals surface area contributed by atoms with Crippen molar-refractivity contribution in [3.8, 4) is 0 Å². The van der Waals surface area contributed by atoms with Gasteiger partial charge >= 0.3 is 6.09 Å². The smallest absolute Gasteiger partial charge is 0.359 e. The van der Waals surface area contributed by atoms with Crippen molar-refractivity contribution in [2.75, 3.05) is 20.6 Å². The van der Waals surface area contributed by atoms with Crippen LogP contribution in [0.1, 0.15) is 40.5 Å². The van der Waals surface area contributed by atoms with Crippen LogP contribution < -0.4 is 16.1 Å². The third-order valence-corrected chi connectivity index (χ3v) is 1.12. The molecule has 0 radical (unpaired) electrons. The average molecular weight is 249 g/mol. The second-order valence-electron chi connectivity index (χ2n) is 2.86. The van der Waals surface area contributed by atoms with Crippen LogP contribution in [0.4, 0.5) is 4.79 Å². The summed E-state index contributed by atoms with van der Waals surface area (Å²) in [6.07, 6.45) is 1.38. The maximum absolute atomic E-state index is 10.2. The van der Waals surface area contributed by atoms with Gasteiger partial charge in [0.25, 0.3) is 0 Å². The topological polar surface area (TPSA) is 79.5 Å². The molecule has 0 spiro atoms. The first kappa shape index (κ1) is 21.0. The van der Waals surface area contributed by atoms with E-state index in [-0.39, 0.29) is 5.91 Å². The van der Waals surface area contributed by atoms with Gasteiger partial charge in [0, 0.05) is 27.1 Å². The fourth-order valence-electron chi connectivity index (χ4n) is 0.450. The Morgan fingerprint density at radius 1 is 1.06 bits per heavy atom. The van der Waals surface area contributed by atoms with Crippen LogP contribution >= 0.6 is 0 Å². The van der Waals surface area contributed by atoms with E-state index in [1.54, 1.807) is 7.05 Å². The molecule has 0 fully saturated rings. The zero-order valence-electron chi connectivity index (χ0n) is 11.8. The van der Waals surface area contributed by atoms with Gasteiger partial charge in [0.15, 0.2) is 0 Å². The average Bonchev–Trinajstić information content (AvgIpc) is 2.30. The highest BCUT2D eigenvalue weighted by Gasteiger charge is 1.93. The summed E-state index contributed by atoms with van der Waals surface area (Å²) in [5, 5.41) is 4.90. The van der Waals surface area contributed by atoms with Crippen LogP contribution in [0.15, 0.2) is 0 Å². The number of carbonyl (C=O) groups excluding carboxylic acids is 2. The van der Waals surface area contributed by atoms with E-state index in [4.69, 9.17) is 0 Å². The second kappa shape index (κ2) is 20.2. The highest BCUT2D eigenvalue weighted by atomic mass is 16.7. The van der Waals surface area contributed by atoms with Gasteiger partial charge in [-0.3, -0.25) is 4.79 Å². The van der Waals surface area contributed by atoms with E-state index in [1.807, 2.05) is 13.8 Å². The molecule has 6 nitrogen and oxygen atoms in total. The predicted molar refractivity (Wildman–Crippen MR) is 69.5 cm³/mol. The van der Waals surface area contributed by atoms with Crippen molar-refractivity contribution in [2.24, 2.45) is 0 Å². The largest absolute Gasteiger partial charge is 0.426 e. The molecule has 0 aromatic heterocycles. The summed E-state index contributed by atoms with van der Waals surface area (Å²) >= 11 is 0. The minimum Gasteiger partial charge on any atom is -0.359 e. The Hall–Kier alpha value is -1.30. The van der Waals surface area contributed by atoms with E-state index in [0.29, 0.717) is 13.0 Å². The first-order valence-electron chi connectivity index (χ1n) is 5.85. The van der Waals surface area contributed by atoms with Gasteiger partial charge in [0.2, 0.25) is 5.91 Å². The standard InChI is InChI=1S/C4H10N2O2.C4H9NO.C3H8/c1-3-6-4(7)8-5-2;1-3-4(6)5-2;1-3-2/h5H,3H2,1-2H3,(H,6,7);3H2,1-2H3,(H,5,6);3H2,1-2H3. The minimum atomic E-state index is -0.449. The Bertz CT molecular complexity index is 161. The molecule has 0 heterocycles. The molecule has 0 unspecified atom stereocenters. The molecule has 0 atom stereocenters. The third-order valence-electron chi connectivity index (χ3n) is 1.12. The van der Waals surface area contributed by atoms with E-state index in [2.05, 4.69) is 34.8 Å². The van der Waals surface area contributed by atoms with Gasteiger partial charge in [-0.05, 0) is 6.92 Å². The summed E-state index contributed by atoms with van der Waals surface area (Å²) in [4.78, 5) is 24.6. The van der Waals surface area contributed by atoms with Crippen LogP contribution in [0.5, 0.6) is 0 Å². The molecule has 2 amide bonds. The minimum absolute atomic E-state index is 0.0926. The van der Waals surface area contributed by atoms with Crippen LogP contribution in [0.25, 0.3) is 0 Å². The molecule has 104 valence electrons. The van der Waals surface area contributed by atoms with Crippen molar-refractivity contribution in [3.63, 3.8) is 0 Å². The molecule has 6 heteroatoms. The lowest BCUT2D eigenvalue weighted by molar-refractivity contribution is -0.120. The van der Waals surface area contributed by atoms with Crippen LogP contribution in [-0.2, 0) is 9.63 Å². The monoisotopic (exact) mass is 249 g/mol. The summed E-state index contributed by atoms with van der Waals surface area (Å²) in [6.45, 7) is 8.47. The van der Waals surface area contributed by atoms with Crippen LogP contribution in [0, 0.1) is 0 Å². The van der Waals surface area contributed by atoms with Crippen LogP contribution in [0.3, 0.4) is 0 Å². The zero-order chi connectivity index (χ0) is 14.1. The predicted octanol–water partition coefficient (Wildman–Crippen LogP) is 1.43. The van der Waals surface area contributed by atoms with Gasteiger partial charge in [-0.2, -0.15) is 5.48 Å². The molecule has 0 aliphatic rings. The summed E-state index contributed by atoms with van der Waals surface area (Å²) in [5.41, 5.74) is 2.24. The first-order chi connectivity index (χ1) is 8.03. The highest BCUT2D eigenvalue weighted by molar-refractivity contribution is 5.74. The van der Waals surface area contributed by atoms with Crippen molar-refractivity contribution < 1.29 is 14.4 Å². The number of carbonyl (C=O) groups is 2. The van der Waals surface area contributed by atoms with Crippen molar-refractivity contribution in [3.05, 3.63) is 0 Å². The van der Waals surface area contributed by atoms with Crippen LogP contribution in [0.2, 0.25) is 0 Å². The third kappa shape index (κ3) is 31.3. The molecule has 0 aromatic rings. The Morgan fingerprint density at radius 2 is 1.53 bits per heavy atom. The van der Waals surface area contributed by atoms with Gasteiger partial charge in [-0.25, -0.2) is 4.79 Å². The SMILES string of the molecule is CCC.CCC(=O)NC.CCNC(=O)ONC. The molecular weight excluding hydrogens is 222 g/mol. The lowest BCUT2D eigenvalue weighted by atomic mass is 10.5. The molecular formula is C11H27N3O3. The number of hydrogen-bond donors (Lipinski definition) is 3. The van der Waals surface area contributed by atoms with Gasteiger partial charge in [-0.15, -0.1) is 0 Å². The van der Waals surface area contributed by atoms with Gasteiger partial charge in [-0.1, -0.05) is 27.2 Å². The first-order valence-corrected chi connectivity index (χ1v) is 5.85. The molecule has 0 saturated carbocycles. The van der Waals surface area contributed by atoms with E-state index < -0.39 is 6.09 Å². The molecule has 0 saturated heterocycles. The molecule has 0 bridgehead atoms. The van der Waals surface area contributed by atoms with E-state index in [1.165, 1.54) is 13.5 Å². The van der Waals surface area contributed by atoms with E-state index >= 15 is 0 Å². The zero-order valence-corrected chi connectivity index (χ0v) is 11.8. The Morgan fingerprint density at radius 3 is 1.71 bits per heavy atom. The maximum Gasteiger partial charge on any atom is 0.426 e. The van der Waals surface area contributed by atoms with Gasteiger partial charge in [0.1, 0.15) is 0 Å². The Labute approximate surface area is 104 Å². The van der Waals surface area contributed by atoms with Crippen LogP contribution in [-0.4, -0.2) is 32.6 Å². The summed E-state index contributed by atoms with van der Waals surface area (Å²) in [5.74, 6) is 0.0926. The van der Waals surface area contributed by atoms with Gasteiger partial charge in [0.05, 0.1) is 0 Å². The quantitative estimate of drug-likeness (QED) is 0.661. The van der Waals surface area contributed by atoms with E-state index in [0.717, 1.165) is 0 Å². The summed E-state index contributed by atoms with van der Waals surface area (Å²) in [6, 6.07) is 0. The normalized spacial score (nSPS) is 7.65.